The molecule has 0 spiro atoms. The number of hydrogen-bond acceptors (Lipinski definition) is 2. The van der Waals surface area contributed by atoms with Crippen LogP contribution in [0.1, 0.15) is 37.7 Å². The molecular formula is C14H15BrN2O. The minimum absolute atomic E-state index is 0.0146. The predicted molar refractivity (Wildman–Crippen MR) is 74.1 cm³/mol. The molecule has 1 aliphatic carbocycles. The van der Waals surface area contributed by atoms with E-state index in [4.69, 9.17) is 5.26 Å². The van der Waals surface area contributed by atoms with Gasteiger partial charge in [-0.15, -0.1) is 0 Å². The van der Waals surface area contributed by atoms with Gasteiger partial charge in [0.05, 0.1) is 11.3 Å². The second kappa shape index (κ2) is 6.01. The molecule has 1 N–H and O–H groups in total. The largest absolute Gasteiger partial charge is 0.325 e. The van der Waals surface area contributed by atoms with Crippen molar-refractivity contribution in [2.24, 2.45) is 5.92 Å². The summed E-state index contributed by atoms with van der Waals surface area (Å²) < 4.78 is 0.841. The monoisotopic (exact) mass is 306 g/mol. The molecule has 0 heterocycles. The zero-order valence-corrected chi connectivity index (χ0v) is 11.7. The summed E-state index contributed by atoms with van der Waals surface area (Å²) in [5.74, 6) is 0.534. The SMILES string of the molecule is N#Cc1cc(Br)ccc1NC(=O)CC1CCCC1. The van der Waals surface area contributed by atoms with Crippen LogP contribution in [0.3, 0.4) is 0 Å². The van der Waals surface area contributed by atoms with Crippen LogP contribution >= 0.6 is 15.9 Å². The van der Waals surface area contributed by atoms with Crippen molar-refractivity contribution >= 4 is 27.5 Å². The summed E-state index contributed by atoms with van der Waals surface area (Å²) in [4.78, 5) is 11.9. The number of amides is 1. The maximum atomic E-state index is 11.9. The van der Waals surface area contributed by atoms with Gasteiger partial charge >= 0.3 is 0 Å². The zero-order valence-electron chi connectivity index (χ0n) is 10.1. The number of anilines is 1. The van der Waals surface area contributed by atoms with Gasteiger partial charge in [0.25, 0.3) is 0 Å². The molecule has 0 bridgehead atoms. The standard InChI is InChI=1S/C14H15BrN2O/c15-12-5-6-13(11(8-12)9-16)17-14(18)7-10-3-1-2-4-10/h5-6,8,10H,1-4,7H2,(H,17,18). The third-order valence-electron chi connectivity index (χ3n) is 3.32. The Morgan fingerprint density at radius 1 is 1.44 bits per heavy atom. The lowest BCUT2D eigenvalue weighted by molar-refractivity contribution is -0.117. The zero-order chi connectivity index (χ0) is 13.0. The Kier molecular flexibility index (Phi) is 4.38. The van der Waals surface area contributed by atoms with Crippen molar-refractivity contribution in [3.8, 4) is 6.07 Å². The third kappa shape index (κ3) is 3.33. The van der Waals surface area contributed by atoms with Gasteiger partial charge in [-0.25, -0.2) is 0 Å². The average Bonchev–Trinajstić information content (AvgIpc) is 2.84. The van der Waals surface area contributed by atoms with Crippen LogP contribution in [0.5, 0.6) is 0 Å². The van der Waals surface area contributed by atoms with Crippen molar-refractivity contribution in [1.29, 1.82) is 5.26 Å². The molecule has 1 aliphatic rings. The molecule has 0 radical (unpaired) electrons. The number of benzene rings is 1. The number of nitriles is 1. The molecule has 1 amide bonds. The van der Waals surface area contributed by atoms with Crippen LogP contribution in [0, 0.1) is 17.2 Å². The first-order valence-electron chi connectivity index (χ1n) is 6.18. The Balaban J connectivity index is 2.00. The Morgan fingerprint density at radius 2 is 2.17 bits per heavy atom. The van der Waals surface area contributed by atoms with E-state index >= 15 is 0 Å². The minimum Gasteiger partial charge on any atom is -0.325 e. The van der Waals surface area contributed by atoms with Gasteiger partial charge in [-0.3, -0.25) is 4.79 Å². The summed E-state index contributed by atoms with van der Waals surface area (Å²) in [6.07, 6.45) is 5.35. The number of halogens is 1. The lowest BCUT2D eigenvalue weighted by Crippen LogP contribution is -2.15. The fraction of sp³-hybridized carbons (Fsp3) is 0.429. The van der Waals surface area contributed by atoms with Crippen molar-refractivity contribution in [2.45, 2.75) is 32.1 Å². The van der Waals surface area contributed by atoms with E-state index in [1.54, 1.807) is 12.1 Å². The Morgan fingerprint density at radius 3 is 2.83 bits per heavy atom. The molecule has 94 valence electrons. The predicted octanol–water partition coefficient (Wildman–Crippen LogP) is 3.84. The topological polar surface area (TPSA) is 52.9 Å². The van der Waals surface area contributed by atoms with E-state index in [9.17, 15) is 4.79 Å². The summed E-state index contributed by atoms with van der Waals surface area (Å²) in [5.41, 5.74) is 1.09. The molecule has 18 heavy (non-hydrogen) atoms. The van der Waals surface area contributed by atoms with Gasteiger partial charge in [-0.2, -0.15) is 5.26 Å². The van der Waals surface area contributed by atoms with E-state index in [0.717, 1.165) is 17.3 Å². The van der Waals surface area contributed by atoms with Gasteiger partial charge in [-0.1, -0.05) is 28.8 Å². The second-order valence-electron chi connectivity index (χ2n) is 4.70. The average molecular weight is 307 g/mol. The molecule has 1 saturated carbocycles. The smallest absolute Gasteiger partial charge is 0.224 e. The van der Waals surface area contributed by atoms with Crippen molar-refractivity contribution in [3.63, 3.8) is 0 Å². The van der Waals surface area contributed by atoms with Crippen LogP contribution in [-0.4, -0.2) is 5.91 Å². The molecule has 2 rings (SSSR count). The lowest BCUT2D eigenvalue weighted by Gasteiger charge is -2.10. The summed E-state index contributed by atoms with van der Waals surface area (Å²) in [6.45, 7) is 0. The van der Waals surface area contributed by atoms with Gasteiger partial charge in [0.1, 0.15) is 6.07 Å². The van der Waals surface area contributed by atoms with Crippen molar-refractivity contribution in [3.05, 3.63) is 28.2 Å². The van der Waals surface area contributed by atoms with Crippen molar-refractivity contribution < 1.29 is 4.79 Å². The van der Waals surface area contributed by atoms with Gasteiger partial charge < -0.3 is 5.32 Å². The molecule has 4 heteroatoms. The highest BCUT2D eigenvalue weighted by Crippen LogP contribution is 2.28. The number of carbonyl (C=O) groups excluding carboxylic acids is 1. The fourth-order valence-electron chi connectivity index (χ4n) is 2.40. The van der Waals surface area contributed by atoms with Crippen LogP contribution in [-0.2, 0) is 4.79 Å². The first-order chi connectivity index (χ1) is 8.69. The Labute approximate surface area is 115 Å². The van der Waals surface area contributed by atoms with E-state index in [1.165, 1.54) is 12.8 Å². The normalized spacial score (nSPS) is 15.3. The molecule has 1 fully saturated rings. The van der Waals surface area contributed by atoms with Crippen molar-refractivity contribution in [2.75, 3.05) is 5.32 Å². The van der Waals surface area contributed by atoms with Crippen molar-refractivity contribution in [1.82, 2.24) is 0 Å². The molecule has 0 saturated heterocycles. The van der Waals surface area contributed by atoms with Gasteiger partial charge in [0.2, 0.25) is 5.91 Å². The second-order valence-corrected chi connectivity index (χ2v) is 5.62. The molecule has 3 nitrogen and oxygen atoms in total. The minimum atomic E-state index is 0.0146. The van der Waals surface area contributed by atoms with Gasteiger partial charge in [0, 0.05) is 10.9 Å². The summed E-state index contributed by atoms with van der Waals surface area (Å²) in [5, 5.41) is 11.9. The summed E-state index contributed by atoms with van der Waals surface area (Å²) in [6, 6.07) is 7.39. The number of nitrogens with one attached hydrogen (secondary N) is 1. The highest BCUT2D eigenvalue weighted by molar-refractivity contribution is 9.10. The number of nitrogens with zero attached hydrogens (tertiary/aromatic N) is 1. The molecular weight excluding hydrogens is 292 g/mol. The molecule has 0 atom stereocenters. The van der Waals surface area contributed by atoms with E-state index < -0.39 is 0 Å². The van der Waals surface area contributed by atoms with E-state index in [0.29, 0.717) is 23.6 Å². The van der Waals surface area contributed by atoms with E-state index in [1.807, 2.05) is 6.07 Å². The highest BCUT2D eigenvalue weighted by atomic mass is 79.9. The molecule has 0 aromatic heterocycles. The quantitative estimate of drug-likeness (QED) is 0.922. The first kappa shape index (κ1) is 13.1. The van der Waals surface area contributed by atoms with E-state index in [2.05, 4.69) is 27.3 Å². The summed E-state index contributed by atoms with van der Waals surface area (Å²) >= 11 is 3.31. The maximum absolute atomic E-state index is 11.9. The molecule has 0 aliphatic heterocycles. The van der Waals surface area contributed by atoms with Crippen LogP contribution < -0.4 is 5.32 Å². The molecule has 1 aromatic rings. The van der Waals surface area contributed by atoms with Crippen LogP contribution in [0.2, 0.25) is 0 Å². The van der Waals surface area contributed by atoms with Crippen LogP contribution in [0.25, 0.3) is 0 Å². The van der Waals surface area contributed by atoms with E-state index in [-0.39, 0.29) is 5.91 Å². The number of carbonyl (C=O) groups is 1. The Bertz CT molecular complexity index is 487. The first-order valence-corrected chi connectivity index (χ1v) is 6.98. The number of rotatable bonds is 3. The third-order valence-corrected chi connectivity index (χ3v) is 3.82. The molecule has 1 aromatic carbocycles. The Hall–Kier alpha value is -1.34. The van der Waals surface area contributed by atoms with Gasteiger partial charge in [-0.05, 0) is 37.0 Å². The molecule has 0 unspecified atom stereocenters. The van der Waals surface area contributed by atoms with Crippen LogP contribution in [0.15, 0.2) is 22.7 Å². The fourth-order valence-corrected chi connectivity index (χ4v) is 2.76. The van der Waals surface area contributed by atoms with Gasteiger partial charge in [0.15, 0.2) is 0 Å². The lowest BCUT2D eigenvalue weighted by atomic mass is 10.0. The maximum Gasteiger partial charge on any atom is 0.224 e. The van der Waals surface area contributed by atoms with Crippen LogP contribution in [0.4, 0.5) is 5.69 Å². The summed E-state index contributed by atoms with van der Waals surface area (Å²) in [7, 11) is 0. The number of hydrogen-bond donors (Lipinski definition) is 1. The highest BCUT2D eigenvalue weighted by Gasteiger charge is 2.18.